The van der Waals surface area contributed by atoms with Crippen LogP contribution in [0.1, 0.15) is 11.1 Å². The van der Waals surface area contributed by atoms with Crippen LogP contribution >= 0.6 is 11.6 Å². The number of carbonyl (C=O) groups is 1. The molecule has 0 bridgehead atoms. The van der Waals surface area contributed by atoms with Crippen molar-refractivity contribution in [2.24, 2.45) is 5.11 Å². The minimum absolute atomic E-state index is 0.282. The molecule has 1 heterocycles. The average molecular weight is 349 g/mol. The third-order valence-electron chi connectivity index (χ3n) is 4.18. The summed E-state index contributed by atoms with van der Waals surface area (Å²) < 4.78 is 1.39. The van der Waals surface area contributed by atoms with Crippen molar-refractivity contribution in [1.29, 1.82) is 0 Å². The van der Waals surface area contributed by atoms with Gasteiger partial charge in [-0.15, -0.1) is 0 Å². The molecule has 1 N–H and O–H groups in total. The van der Waals surface area contributed by atoms with Crippen molar-refractivity contribution in [1.82, 2.24) is 5.32 Å². The lowest BCUT2D eigenvalue weighted by Crippen LogP contribution is -2.40. The molecule has 25 heavy (non-hydrogen) atoms. The monoisotopic (exact) mass is 348 g/mol. The number of benzene rings is 3. The van der Waals surface area contributed by atoms with Gasteiger partial charge >= 0.3 is 6.03 Å². The van der Waals surface area contributed by atoms with E-state index in [1.54, 1.807) is 24.3 Å². The van der Waals surface area contributed by atoms with Crippen LogP contribution in [0.2, 0.25) is 5.02 Å². The maximum Gasteiger partial charge on any atom is 0.519 e. The Morgan fingerprint density at radius 3 is 1.84 bits per heavy atom. The second-order valence-corrected chi connectivity index (χ2v) is 6.20. The number of nitrogens with one attached hydrogen (secondary N) is 1. The lowest BCUT2D eigenvalue weighted by molar-refractivity contribution is -0.403. The number of nitrogens with zero attached hydrogens (tertiary/aromatic N) is 2. The van der Waals surface area contributed by atoms with E-state index in [9.17, 15) is 4.79 Å². The molecule has 5 heteroatoms. The van der Waals surface area contributed by atoms with Crippen LogP contribution in [0.3, 0.4) is 0 Å². The van der Waals surface area contributed by atoms with E-state index in [0.29, 0.717) is 10.7 Å². The van der Waals surface area contributed by atoms with E-state index in [1.165, 1.54) is 4.70 Å². The zero-order valence-electron chi connectivity index (χ0n) is 13.3. The highest BCUT2D eigenvalue weighted by atomic mass is 35.5. The van der Waals surface area contributed by atoms with E-state index in [0.717, 1.165) is 11.1 Å². The van der Waals surface area contributed by atoms with Gasteiger partial charge in [-0.3, -0.25) is 0 Å². The Morgan fingerprint density at radius 1 is 0.800 bits per heavy atom. The molecule has 4 rings (SSSR count). The molecule has 0 unspecified atom stereocenters. The average Bonchev–Trinajstić information content (AvgIpc) is 3.02. The Balaban J connectivity index is 1.91. The van der Waals surface area contributed by atoms with Crippen molar-refractivity contribution >= 4 is 23.3 Å². The summed E-state index contributed by atoms with van der Waals surface area (Å²) in [6.07, 6.45) is 0. The van der Waals surface area contributed by atoms with Crippen molar-refractivity contribution < 1.29 is 9.49 Å². The van der Waals surface area contributed by atoms with E-state index in [2.05, 4.69) is 5.32 Å². The third kappa shape index (κ3) is 2.71. The first kappa shape index (κ1) is 15.5. The quantitative estimate of drug-likeness (QED) is 0.660. The van der Waals surface area contributed by atoms with Gasteiger partial charge in [0.2, 0.25) is 0 Å². The number of hydrogen-bond donors (Lipinski definition) is 1. The van der Waals surface area contributed by atoms with Gasteiger partial charge in [0.05, 0.1) is 0 Å². The topological polar surface area (TPSA) is 44.5 Å². The summed E-state index contributed by atoms with van der Waals surface area (Å²) in [5, 5.41) is 8.43. The summed E-state index contributed by atoms with van der Waals surface area (Å²) in [4.78, 5) is 12.7. The van der Waals surface area contributed by atoms with Crippen LogP contribution in [0.15, 0.2) is 90.0 Å². The highest BCUT2D eigenvalue weighted by molar-refractivity contribution is 6.30. The van der Waals surface area contributed by atoms with Gasteiger partial charge in [0, 0.05) is 16.1 Å². The van der Waals surface area contributed by atoms with Crippen LogP contribution in [-0.4, -0.2) is 10.7 Å². The molecule has 0 saturated heterocycles. The summed E-state index contributed by atoms with van der Waals surface area (Å²) in [5.41, 5.74) is 1.49. The van der Waals surface area contributed by atoms with Crippen molar-refractivity contribution in [3.05, 3.63) is 101 Å². The van der Waals surface area contributed by atoms with Gasteiger partial charge in [-0.05, 0) is 29.4 Å². The normalized spacial score (nSPS) is 15.6. The van der Waals surface area contributed by atoms with Crippen molar-refractivity contribution in [2.75, 3.05) is 0 Å². The Bertz CT molecular complexity index is 898. The van der Waals surface area contributed by atoms with Crippen LogP contribution < -0.4 is 5.32 Å². The molecular weight excluding hydrogens is 334 g/mol. The fourth-order valence-electron chi connectivity index (χ4n) is 2.97. The predicted octanol–water partition coefficient (Wildman–Crippen LogP) is 5.06. The first-order valence-electron chi connectivity index (χ1n) is 7.91. The fourth-order valence-corrected chi connectivity index (χ4v) is 3.10. The summed E-state index contributed by atoms with van der Waals surface area (Å²) in [6.45, 7) is 0. The van der Waals surface area contributed by atoms with Crippen molar-refractivity contribution in [3.63, 3.8) is 0 Å². The van der Waals surface area contributed by atoms with Crippen molar-refractivity contribution in [3.8, 4) is 0 Å². The maximum absolute atomic E-state index is 12.7. The van der Waals surface area contributed by atoms with Gasteiger partial charge in [0.25, 0.3) is 5.66 Å². The van der Waals surface area contributed by atoms with Crippen LogP contribution in [0.5, 0.6) is 0 Å². The number of azo groups is 2. The molecule has 0 aromatic heterocycles. The Labute approximate surface area is 150 Å². The Hall–Kier alpha value is -2.98. The Morgan fingerprint density at radius 2 is 1.32 bits per heavy atom. The largest absolute Gasteiger partial charge is 0.519 e. The van der Waals surface area contributed by atoms with Gasteiger partial charge < -0.3 is 0 Å². The molecule has 0 atom stereocenters. The number of rotatable bonds is 3. The summed E-state index contributed by atoms with van der Waals surface area (Å²) >= 11 is 5.95. The van der Waals surface area contributed by atoms with Crippen LogP contribution in [0.4, 0.5) is 10.5 Å². The number of halogens is 1. The van der Waals surface area contributed by atoms with Gasteiger partial charge in [0.1, 0.15) is 0 Å². The van der Waals surface area contributed by atoms with E-state index >= 15 is 0 Å². The number of hydrogen-bond acceptors (Lipinski definition) is 2. The summed E-state index contributed by atoms with van der Waals surface area (Å²) in [5.74, 6) is 0. The van der Waals surface area contributed by atoms with Crippen LogP contribution in [-0.2, 0) is 5.66 Å². The number of carbonyl (C=O) groups excluding carboxylic acids is 1. The zero-order chi connectivity index (χ0) is 17.3. The van der Waals surface area contributed by atoms with E-state index in [1.807, 2.05) is 60.7 Å². The molecule has 0 spiro atoms. The molecule has 1 aliphatic heterocycles. The van der Waals surface area contributed by atoms with Crippen molar-refractivity contribution in [2.45, 2.75) is 5.66 Å². The second-order valence-electron chi connectivity index (χ2n) is 5.76. The third-order valence-corrected chi connectivity index (χ3v) is 4.44. The first-order valence-corrected chi connectivity index (χ1v) is 8.28. The summed E-state index contributed by atoms with van der Waals surface area (Å²) in [6, 6.07) is 26.2. The Kier molecular flexibility index (Phi) is 3.82. The molecular formula is C20H15ClN3O+. The molecule has 3 aromatic carbocycles. The zero-order valence-corrected chi connectivity index (χ0v) is 14.0. The predicted molar refractivity (Wildman–Crippen MR) is 96.0 cm³/mol. The summed E-state index contributed by atoms with van der Waals surface area (Å²) in [7, 11) is 0. The first-order chi connectivity index (χ1) is 12.2. The lowest BCUT2D eigenvalue weighted by atomic mass is 9.92. The second kappa shape index (κ2) is 6.15. The molecule has 3 aromatic rings. The van der Waals surface area contributed by atoms with Crippen LogP contribution in [0, 0.1) is 0 Å². The molecule has 2 amide bonds. The SMILES string of the molecule is O=C1NC(c2ccccc2)(c2ccccc2)N=[N+]1c1ccc(Cl)cc1. The molecule has 0 saturated carbocycles. The van der Waals surface area contributed by atoms with E-state index in [-0.39, 0.29) is 6.03 Å². The molecule has 1 aliphatic rings. The lowest BCUT2D eigenvalue weighted by Gasteiger charge is -2.20. The van der Waals surface area contributed by atoms with E-state index < -0.39 is 5.66 Å². The molecule has 0 fully saturated rings. The molecule has 4 nitrogen and oxygen atoms in total. The highest BCUT2D eigenvalue weighted by Gasteiger charge is 2.50. The van der Waals surface area contributed by atoms with E-state index in [4.69, 9.17) is 16.7 Å². The smallest absolute Gasteiger partial charge is 0.199 e. The minimum atomic E-state index is -0.959. The standard InChI is InChI=1S/C20H14ClN3O/c21-17-11-13-18(14-12-17)24-19(25)22-20(23-24,15-7-3-1-4-8-15)16-9-5-2-6-10-16/h1-14H/p+1. The molecule has 122 valence electrons. The minimum Gasteiger partial charge on any atom is -0.199 e. The molecule has 0 aliphatic carbocycles. The van der Waals surface area contributed by atoms with Gasteiger partial charge in [-0.1, -0.05) is 77.0 Å². The highest BCUT2D eigenvalue weighted by Crippen LogP contribution is 2.36. The number of urea groups is 1. The van der Waals surface area contributed by atoms with Gasteiger partial charge in [0.15, 0.2) is 5.69 Å². The van der Waals surface area contributed by atoms with Crippen LogP contribution in [0.25, 0.3) is 0 Å². The van der Waals surface area contributed by atoms with Gasteiger partial charge in [-0.25, -0.2) is 0 Å². The number of amides is 2. The maximum atomic E-state index is 12.7. The fraction of sp³-hybridized carbons (Fsp3) is 0.0500. The van der Waals surface area contributed by atoms with Gasteiger partial charge in [-0.2, -0.15) is 10.1 Å². The molecule has 0 radical (unpaired) electrons.